The zero-order chi connectivity index (χ0) is 18.8. The molecule has 4 rings (SSSR count). The van der Waals surface area contributed by atoms with Crippen molar-refractivity contribution in [1.82, 2.24) is 14.5 Å². The van der Waals surface area contributed by atoms with Crippen molar-refractivity contribution in [1.29, 1.82) is 0 Å². The van der Waals surface area contributed by atoms with Crippen LogP contribution in [0, 0.1) is 0 Å². The highest BCUT2D eigenvalue weighted by Crippen LogP contribution is 2.31. The Balaban J connectivity index is 1.67. The highest BCUT2D eigenvalue weighted by molar-refractivity contribution is 6.07. The highest BCUT2D eigenvalue weighted by Gasteiger charge is 2.15. The molecular formula is C21H29N5O. The Morgan fingerprint density at radius 2 is 2.00 bits per heavy atom. The summed E-state index contributed by atoms with van der Waals surface area (Å²) in [5, 5.41) is 1.11. The number of nitrogen functional groups attached to an aromatic ring is 1. The fourth-order valence-corrected chi connectivity index (χ4v) is 3.92. The number of fused-ring (bicyclic) bond motifs is 3. The molecule has 0 atom stereocenters. The summed E-state index contributed by atoms with van der Waals surface area (Å²) in [7, 11) is 0. The zero-order valence-corrected chi connectivity index (χ0v) is 16.3. The Morgan fingerprint density at radius 1 is 1.19 bits per heavy atom. The van der Waals surface area contributed by atoms with E-state index >= 15 is 0 Å². The molecule has 0 unspecified atom stereocenters. The van der Waals surface area contributed by atoms with Gasteiger partial charge in [-0.2, -0.15) is 0 Å². The van der Waals surface area contributed by atoms with Crippen LogP contribution in [-0.2, 0) is 11.3 Å². The van der Waals surface area contributed by atoms with E-state index in [4.69, 9.17) is 10.5 Å². The number of piperidine rings is 1. The van der Waals surface area contributed by atoms with Crippen molar-refractivity contribution in [3.8, 4) is 0 Å². The number of imidazole rings is 1. The van der Waals surface area contributed by atoms with E-state index in [0.717, 1.165) is 54.6 Å². The maximum atomic E-state index is 6.23. The minimum Gasteiger partial charge on any atom is -0.382 e. The molecule has 1 fully saturated rings. The smallest absolute Gasteiger partial charge is 0.152 e. The molecule has 0 aliphatic carbocycles. The number of pyridine rings is 1. The van der Waals surface area contributed by atoms with E-state index in [1.807, 2.05) is 6.33 Å². The lowest BCUT2D eigenvalue weighted by atomic mass is 10.1. The second-order valence-corrected chi connectivity index (χ2v) is 7.65. The molecule has 6 heteroatoms. The third kappa shape index (κ3) is 3.72. The fourth-order valence-electron chi connectivity index (χ4n) is 3.92. The molecule has 1 aliphatic heterocycles. The van der Waals surface area contributed by atoms with Crippen LogP contribution in [0.3, 0.4) is 0 Å². The molecule has 3 heterocycles. The van der Waals surface area contributed by atoms with E-state index in [-0.39, 0.29) is 6.10 Å². The number of aromatic nitrogens is 3. The first-order valence-electron chi connectivity index (χ1n) is 10.0. The first kappa shape index (κ1) is 18.0. The Labute approximate surface area is 160 Å². The second kappa shape index (κ2) is 7.72. The second-order valence-electron chi connectivity index (χ2n) is 7.65. The molecule has 0 bridgehead atoms. The van der Waals surface area contributed by atoms with Gasteiger partial charge in [-0.1, -0.05) is 0 Å². The highest BCUT2D eigenvalue weighted by atomic mass is 16.5. The summed E-state index contributed by atoms with van der Waals surface area (Å²) >= 11 is 0. The molecule has 0 saturated carbocycles. The first-order valence-corrected chi connectivity index (χ1v) is 10.0. The average molecular weight is 367 g/mol. The van der Waals surface area contributed by atoms with E-state index < -0.39 is 0 Å². The molecule has 6 nitrogen and oxygen atoms in total. The van der Waals surface area contributed by atoms with Gasteiger partial charge in [-0.25, -0.2) is 9.97 Å². The summed E-state index contributed by atoms with van der Waals surface area (Å²) in [5.41, 5.74) is 10.3. The molecule has 27 heavy (non-hydrogen) atoms. The van der Waals surface area contributed by atoms with Gasteiger partial charge in [0.15, 0.2) is 5.82 Å². The quantitative estimate of drug-likeness (QED) is 0.668. The summed E-state index contributed by atoms with van der Waals surface area (Å²) in [6.45, 7) is 7.97. The molecule has 1 aromatic carbocycles. The lowest BCUT2D eigenvalue weighted by molar-refractivity contribution is 0.0750. The third-order valence-electron chi connectivity index (χ3n) is 5.27. The number of ether oxygens (including phenoxy) is 1. The molecule has 1 aliphatic rings. The lowest BCUT2D eigenvalue weighted by Gasteiger charge is -2.29. The van der Waals surface area contributed by atoms with Crippen molar-refractivity contribution >= 4 is 33.4 Å². The Bertz CT molecular complexity index is 927. The van der Waals surface area contributed by atoms with Crippen LogP contribution in [0.25, 0.3) is 21.9 Å². The third-order valence-corrected chi connectivity index (χ3v) is 5.27. The van der Waals surface area contributed by atoms with E-state index in [1.165, 1.54) is 24.9 Å². The predicted molar refractivity (Wildman–Crippen MR) is 111 cm³/mol. The topological polar surface area (TPSA) is 69.2 Å². The minimum absolute atomic E-state index is 0.262. The number of anilines is 2. The molecule has 0 amide bonds. The van der Waals surface area contributed by atoms with Gasteiger partial charge in [-0.15, -0.1) is 0 Å². The van der Waals surface area contributed by atoms with Crippen molar-refractivity contribution in [2.45, 2.75) is 52.2 Å². The largest absolute Gasteiger partial charge is 0.382 e. The van der Waals surface area contributed by atoms with Crippen molar-refractivity contribution in [2.75, 3.05) is 30.3 Å². The van der Waals surface area contributed by atoms with Gasteiger partial charge >= 0.3 is 0 Å². The van der Waals surface area contributed by atoms with Gasteiger partial charge in [0.2, 0.25) is 0 Å². The van der Waals surface area contributed by atoms with E-state index in [2.05, 4.69) is 51.5 Å². The van der Waals surface area contributed by atoms with Gasteiger partial charge in [0.05, 0.1) is 23.5 Å². The van der Waals surface area contributed by atoms with Crippen LogP contribution in [-0.4, -0.2) is 40.3 Å². The van der Waals surface area contributed by atoms with Gasteiger partial charge in [-0.3, -0.25) is 0 Å². The van der Waals surface area contributed by atoms with Gasteiger partial charge in [0.25, 0.3) is 0 Å². The summed E-state index contributed by atoms with van der Waals surface area (Å²) in [6.07, 6.45) is 6.93. The van der Waals surface area contributed by atoms with Crippen LogP contribution < -0.4 is 10.6 Å². The lowest BCUT2D eigenvalue weighted by Crippen LogP contribution is -2.29. The number of nitrogens with zero attached hydrogens (tertiary/aromatic N) is 4. The van der Waals surface area contributed by atoms with Crippen LogP contribution in [0.1, 0.15) is 39.5 Å². The van der Waals surface area contributed by atoms with Crippen molar-refractivity contribution < 1.29 is 4.74 Å². The summed E-state index contributed by atoms with van der Waals surface area (Å²) < 4.78 is 7.85. The van der Waals surface area contributed by atoms with Crippen molar-refractivity contribution in [2.24, 2.45) is 0 Å². The standard InChI is InChI=1S/C21H29N5O/c1-15(2)27-12-6-11-26-14-23-19-20(26)17-8-7-16(13-18(17)24-21(19)22)25-9-4-3-5-10-25/h7-8,13-15H,3-6,9-12H2,1-2H3,(H2,22,24). The zero-order valence-electron chi connectivity index (χ0n) is 16.3. The molecular weight excluding hydrogens is 338 g/mol. The van der Waals surface area contributed by atoms with Crippen molar-refractivity contribution in [3.63, 3.8) is 0 Å². The molecule has 0 spiro atoms. The first-order chi connectivity index (χ1) is 13.1. The Kier molecular flexibility index (Phi) is 5.16. The van der Waals surface area contributed by atoms with Gasteiger partial charge < -0.3 is 19.9 Å². The molecule has 2 N–H and O–H groups in total. The Hall–Kier alpha value is -2.34. The number of nitrogens with two attached hydrogens (primary N) is 1. The van der Waals surface area contributed by atoms with Crippen LogP contribution in [0.5, 0.6) is 0 Å². The van der Waals surface area contributed by atoms with Crippen LogP contribution >= 0.6 is 0 Å². The van der Waals surface area contributed by atoms with Crippen LogP contribution in [0.2, 0.25) is 0 Å². The monoisotopic (exact) mass is 367 g/mol. The summed E-state index contributed by atoms with van der Waals surface area (Å²) in [5.74, 6) is 0.505. The minimum atomic E-state index is 0.262. The van der Waals surface area contributed by atoms with E-state index in [9.17, 15) is 0 Å². The number of benzene rings is 1. The molecule has 0 radical (unpaired) electrons. The van der Waals surface area contributed by atoms with E-state index in [1.54, 1.807) is 0 Å². The SMILES string of the molecule is CC(C)OCCCn1cnc2c(N)nc3cc(N4CCCCC4)ccc3c21. The van der Waals surface area contributed by atoms with Crippen LogP contribution in [0.4, 0.5) is 11.5 Å². The Morgan fingerprint density at radius 3 is 2.78 bits per heavy atom. The molecule has 1 saturated heterocycles. The normalized spacial score (nSPS) is 15.3. The molecule has 3 aromatic rings. The average Bonchev–Trinajstić information content (AvgIpc) is 3.10. The number of hydrogen-bond donors (Lipinski definition) is 1. The number of hydrogen-bond acceptors (Lipinski definition) is 5. The van der Waals surface area contributed by atoms with Gasteiger partial charge in [0.1, 0.15) is 5.52 Å². The van der Waals surface area contributed by atoms with Crippen molar-refractivity contribution in [3.05, 3.63) is 24.5 Å². The molecule has 2 aromatic heterocycles. The van der Waals surface area contributed by atoms with Gasteiger partial charge in [-0.05, 0) is 57.7 Å². The van der Waals surface area contributed by atoms with E-state index in [0.29, 0.717) is 5.82 Å². The fraction of sp³-hybridized carbons (Fsp3) is 0.524. The maximum absolute atomic E-state index is 6.23. The number of aryl methyl sites for hydroxylation is 1. The number of rotatable bonds is 6. The van der Waals surface area contributed by atoms with Gasteiger partial charge in [0, 0.05) is 37.3 Å². The van der Waals surface area contributed by atoms with Crippen LogP contribution in [0.15, 0.2) is 24.5 Å². The summed E-state index contributed by atoms with van der Waals surface area (Å²) in [4.78, 5) is 11.6. The molecule has 144 valence electrons. The summed E-state index contributed by atoms with van der Waals surface area (Å²) in [6, 6.07) is 6.57. The maximum Gasteiger partial charge on any atom is 0.152 e. The predicted octanol–water partition coefficient (Wildman–Crippen LogP) is 3.97.